The number of anilines is 1. The fraction of sp³-hybridized carbons (Fsp3) is 0.500. The molecule has 0 atom stereocenters. The van der Waals surface area contributed by atoms with Crippen LogP contribution in [-0.4, -0.2) is 27.9 Å². The van der Waals surface area contributed by atoms with Crippen LogP contribution >= 0.6 is 11.3 Å². The Labute approximate surface area is 106 Å². The van der Waals surface area contributed by atoms with Crippen molar-refractivity contribution in [1.82, 2.24) is 9.88 Å². The third-order valence-electron chi connectivity index (χ3n) is 2.32. The molecular weight excluding hydrogens is 234 g/mol. The van der Waals surface area contributed by atoms with Gasteiger partial charge in [0.2, 0.25) is 5.91 Å². The number of hydrogen-bond donors (Lipinski definition) is 1. The second-order valence-corrected chi connectivity index (χ2v) is 5.71. The molecule has 1 rings (SSSR count). The highest BCUT2D eigenvalue weighted by atomic mass is 32.1. The molecule has 1 aromatic rings. The van der Waals surface area contributed by atoms with E-state index in [1.807, 2.05) is 26.2 Å². The Kier molecular flexibility index (Phi) is 4.28. The maximum Gasteiger partial charge on any atom is 0.229 e. The maximum atomic E-state index is 12.2. The van der Waals surface area contributed by atoms with E-state index < -0.39 is 0 Å². The molecule has 4 nitrogen and oxygen atoms in total. The number of rotatable bonds is 4. The van der Waals surface area contributed by atoms with E-state index >= 15 is 0 Å². The van der Waals surface area contributed by atoms with Gasteiger partial charge in [-0.1, -0.05) is 6.08 Å². The summed E-state index contributed by atoms with van der Waals surface area (Å²) in [5, 5.41) is 2.32. The Hall–Kier alpha value is -1.36. The topological polar surface area (TPSA) is 59.2 Å². The maximum absolute atomic E-state index is 12.2. The van der Waals surface area contributed by atoms with Crippen molar-refractivity contribution < 1.29 is 4.79 Å². The summed E-state index contributed by atoms with van der Waals surface area (Å²) in [6, 6.07) is 0. The predicted molar refractivity (Wildman–Crippen MR) is 71.9 cm³/mol. The van der Waals surface area contributed by atoms with Gasteiger partial charge >= 0.3 is 0 Å². The average Bonchev–Trinajstić information content (AvgIpc) is 2.58. The summed E-state index contributed by atoms with van der Waals surface area (Å²) < 4.78 is 0. The van der Waals surface area contributed by atoms with Gasteiger partial charge in [0.15, 0.2) is 5.13 Å². The Morgan fingerprint density at radius 3 is 2.71 bits per heavy atom. The molecule has 1 amide bonds. The smallest absolute Gasteiger partial charge is 0.229 e. The normalized spacial score (nSPS) is 11.2. The SMILES string of the molecule is C=CCN(C(=O)Cc1csc(N)n1)C(C)(C)C. The molecule has 5 heteroatoms. The van der Waals surface area contributed by atoms with Crippen LogP contribution in [0, 0.1) is 0 Å². The van der Waals surface area contributed by atoms with E-state index in [1.54, 1.807) is 11.0 Å². The van der Waals surface area contributed by atoms with Crippen molar-refractivity contribution in [3.63, 3.8) is 0 Å². The number of carbonyl (C=O) groups is 1. The van der Waals surface area contributed by atoms with E-state index in [1.165, 1.54) is 11.3 Å². The monoisotopic (exact) mass is 253 g/mol. The fourth-order valence-corrected chi connectivity index (χ4v) is 2.10. The first-order chi connectivity index (χ1) is 7.84. The van der Waals surface area contributed by atoms with E-state index in [4.69, 9.17) is 5.73 Å². The van der Waals surface area contributed by atoms with Gasteiger partial charge in [0, 0.05) is 17.5 Å². The number of nitrogens with two attached hydrogens (primary N) is 1. The van der Waals surface area contributed by atoms with Crippen molar-refractivity contribution in [1.29, 1.82) is 0 Å². The van der Waals surface area contributed by atoms with E-state index in [9.17, 15) is 4.79 Å². The van der Waals surface area contributed by atoms with Crippen molar-refractivity contribution in [2.75, 3.05) is 12.3 Å². The third-order valence-corrected chi connectivity index (χ3v) is 3.05. The molecule has 2 N–H and O–H groups in total. The quantitative estimate of drug-likeness (QED) is 0.836. The molecule has 0 fully saturated rings. The molecule has 1 heterocycles. The molecule has 0 aliphatic rings. The fourth-order valence-electron chi connectivity index (χ4n) is 1.53. The number of amides is 1. The van der Waals surface area contributed by atoms with Crippen molar-refractivity contribution >= 4 is 22.4 Å². The van der Waals surface area contributed by atoms with E-state index in [2.05, 4.69) is 11.6 Å². The molecule has 0 saturated heterocycles. The van der Waals surface area contributed by atoms with Crippen LogP contribution in [0.2, 0.25) is 0 Å². The molecule has 0 saturated carbocycles. The first-order valence-electron chi connectivity index (χ1n) is 5.46. The number of thiazole rings is 1. The highest BCUT2D eigenvalue weighted by Gasteiger charge is 2.25. The van der Waals surface area contributed by atoms with E-state index in [0.717, 1.165) is 5.69 Å². The number of aromatic nitrogens is 1. The third kappa shape index (κ3) is 3.85. The summed E-state index contributed by atoms with van der Waals surface area (Å²) >= 11 is 1.35. The van der Waals surface area contributed by atoms with Crippen LogP contribution in [0.4, 0.5) is 5.13 Å². The lowest BCUT2D eigenvalue weighted by molar-refractivity contribution is -0.134. The molecule has 0 aliphatic heterocycles. The molecule has 0 aliphatic carbocycles. The second kappa shape index (κ2) is 5.31. The minimum atomic E-state index is -0.215. The lowest BCUT2D eigenvalue weighted by Crippen LogP contribution is -2.46. The molecule has 0 radical (unpaired) electrons. The number of nitrogen functional groups attached to an aromatic ring is 1. The van der Waals surface area contributed by atoms with Gasteiger partial charge in [-0.3, -0.25) is 4.79 Å². The summed E-state index contributed by atoms with van der Waals surface area (Å²) in [6.07, 6.45) is 2.03. The molecule has 1 aromatic heterocycles. The minimum Gasteiger partial charge on any atom is -0.375 e. The first-order valence-corrected chi connectivity index (χ1v) is 6.34. The molecule has 0 aromatic carbocycles. The van der Waals surface area contributed by atoms with Gasteiger partial charge in [-0.05, 0) is 20.8 Å². The van der Waals surface area contributed by atoms with E-state index in [-0.39, 0.29) is 11.4 Å². The summed E-state index contributed by atoms with van der Waals surface area (Å²) in [6.45, 7) is 10.2. The zero-order valence-corrected chi connectivity index (χ0v) is 11.4. The van der Waals surface area contributed by atoms with Crippen molar-refractivity contribution in [3.05, 3.63) is 23.7 Å². The van der Waals surface area contributed by atoms with Gasteiger partial charge in [-0.2, -0.15) is 0 Å². The zero-order valence-electron chi connectivity index (χ0n) is 10.6. The standard InChI is InChI=1S/C12H19N3OS/c1-5-6-15(12(2,3)4)10(16)7-9-8-17-11(13)14-9/h5,8H,1,6-7H2,2-4H3,(H2,13,14). The zero-order chi connectivity index (χ0) is 13.1. The van der Waals surface area contributed by atoms with Gasteiger partial charge in [0.25, 0.3) is 0 Å². The van der Waals surface area contributed by atoms with Crippen LogP contribution in [0.1, 0.15) is 26.5 Å². The van der Waals surface area contributed by atoms with Crippen LogP contribution in [0.25, 0.3) is 0 Å². The molecule has 17 heavy (non-hydrogen) atoms. The van der Waals surface area contributed by atoms with Gasteiger partial charge in [-0.25, -0.2) is 4.98 Å². The van der Waals surface area contributed by atoms with Crippen LogP contribution in [0.5, 0.6) is 0 Å². The highest BCUT2D eigenvalue weighted by Crippen LogP contribution is 2.17. The van der Waals surface area contributed by atoms with Gasteiger partial charge in [0.1, 0.15) is 0 Å². The van der Waals surface area contributed by atoms with Gasteiger partial charge in [0.05, 0.1) is 12.1 Å². The summed E-state index contributed by atoms with van der Waals surface area (Å²) in [5.74, 6) is 0.0442. The first kappa shape index (κ1) is 13.7. The van der Waals surface area contributed by atoms with Crippen molar-refractivity contribution in [3.8, 4) is 0 Å². The van der Waals surface area contributed by atoms with E-state index in [0.29, 0.717) is 18.1 Å². The number of carbonyl (C=O) groups excluding carboxylic acids is 1. The van der Waals surface area contributed by atoms with Crippen LogP contribution in [0.15, 0.2) is 18.0 Å². The largest absolute Gasteiger partial charge is 0.375 e. The summed E-state index contributed by atoms with van der Waals surface area (Å²) in [7, 11) is 0. The predicted octanol–water partition coefficient (Wildman–Crippen LogP) is 2.08. The van der Waals surface area contributed by atoms with Crippen molar-refractivity contribution in [2.24, 2.45) is 0 Å². The minimum absolute atomic E-state index is 0.0442. The number of nitrogens with zero attached hydrogens (tertiary/aromatic N) is 2. The lowest BCUT2D eigenvalue weighted by Gasteiger charge is -2.34. The van der Waals surface area contributed by atoms with Crippen LogP contribution in [0.3, 0.4) is 0 Å². The van der Waals surface area contributed by atoms with Crippen molar-refractivity contribution in [2.45, 2.75) is 32.7 Å². The number of hydrogen-bond acceptors (Lipinski definition) is 4. The molecular formula is C12H19N3OS. The second-order valence-electron chi connectivity index (χ2n) is 4.82. The van der Waals surface area contributed by atoms with Crippen LogP contribution in [-0.2, 0) is 11.2 Å². The molecule has 0 bridgehead atoms. The average molecular weight is 253 g/mol. The molecule has 94 valence electrons. The summed E-state index contributed by atoms with van der Waals surface area (Å²) in [5.41, 5.74) is 6.06. The highest BCUT2D eigenvalue weighted by molar-refractivity contribution is 7.13. The van der Waals surface area contributed by atoms with Gasteiger partial charge in [-0.15, -0.1) is 17.9 Å². The Morgan fingerprint density at radius 1 is 1.65 bits per heavy atom. The molecule has 0 unspecified atom stereocenters. The summed E-state index contributed by atoms with van der Waals surface area (Å²) in [4.78, 5) is 18.0. The Morgan fingerprint density at radius 2 is 2.29 bits per heavy atom. The van der Waals surface area contributed by atoms with Crippen LogP contribution < -0.4 is 5.73 Å². The Balaban J connectivity index is 2.75. The lowest BCUT2D eigenvalue weighted by atomic mass is 10.1. The van der Waals surface area contributed by atoms with Gasteiger partial charge < -0.3 is 10.6 Å². The molecule has 0 spiro atoms. The Bertz CT molecular complexity index is 406.